The van der Waals surface area contributed by atoms with E-state index in [2.05, 4.69) is 4.72 Å². The van der Waals surface area contributed by atoms with Crippen molar-refractivity contribution in [3.8, 4) is 11.5 Å². The summed E-state index contributed by atoms with van der Waals surface area (Å²) in [7, 11) is -0.753. The van der Waals surface area contributed by atoms with Crippen LogP contribution in [0.2, 0.25) is 0 Å². The van der Waals surface area contributed by atoms with Crippen LogP contribution in [0.3, 0.4) is 0 Å². The fourth-order valence-corrected chi connectivity index (χ4v) is 3.38. The molecule has 0 saturated heterocycles. The van der Waals surface area contributed by atoms with Crippen LogP contribution in [0, 0.1) is 0 Å². The lowest BCUT2D eigenvalue weighted by Gasteiger charge is -2.31. The summed E-state index contributed by atoms with van der Waals surface area (Å²) < 4.78 is 37.1. The number of sulfonamides is 1. The first-order valence-corrected chi connectivity index (χ1v) is 7.37. The number of ether oxygens (including phenoxy) is 2. The van der Waals surface area contributed by atoms with Crippen LogP contribution in [0.4, 0.5) is 0 Å². The standard InChI is InChI=1S/C12H17NO5S/c1-17-10-3-4-12(11(7-10)18-2)19(15,16)13-8-5-9(14)6-8/h3-4,7-9,13-14H,5-6H2,1-2H3. The van der Waals surface area contributed by atoms with E-state index in [1.807, 2.05) is 0 Å². The number of aliphatic hydroxyl groups is 1. The second-order valence-electron chi connectivity index (χ2n) is 4.46. The number of rotatable bonds is 5. The monoisotopic (exact) mass is 287 g/mol. The summed E-state index contributed by atoms with van der Waals surface area (Å²) in [6, 6.07) is 4.30. The fraction of sp³-hybridized carbons (Fsp3) is 0.500. The minimum atomic E-state index is -3.65. The van der Waals surface area contributed by atoms with Gasteiger partial charge in [0.15, 0.2) is 0 Å². The molecule has 0 atom stereocenters. The number of hydrogen-bond donors (Lipinski definition) is 2. The fourth-order valence-electron chi connectivity index (χ4n) is 1.96. The van der Waals surface area contributed by atoms with E-state index in [-0.39, 0.29) is 16.7 Å². The minimum absolute atomic E-state index is 0.0668. The molecule has 0 spiro atoms. The highest BCUT2D eigenvalue weighted by molar-refractivity contribution is 7.89. The van der Waals surface area contributed by atoms with Gasteiger partial charge in [-0.1, -0.05) is 0 Å². The first-order chi connectivity index (χ1) is 8.96. The Hall–Kier alpha value is -1.31. The van der Waals surface area contributed by atoms with Crippen molar-refractivity contribution < 1.29 is 23.0 Å². The Morgan fingerprint density at radius 1 is 1.26 bits per heavy atom. The van der Waals surface area contributed by atoms with Gasteiger partial charge in [0.1, 0.15) is 16.4 Å². The Balaban J connectivity index is 2.24. The average molecular weight is 287 g/mol. The van der Waals surface area contributed by atoms with E-state index in [1.54, 1.807) is 6.07 Å². The number of hydrogen-bond acceptors (Lipinski definition) is 5. The molecule has 0 unspecified atom stereocenters. The molecule has 6 nitrogen and oxygen atoms in total. The molecule has 19 heavy (non-hydrogen) atoms. The van der Waals surface area contributed by atoms with Gasteiger partial charge in [0.25, 0.3) is 0 Å². The Labute approximate surface area is 112 Å². The second kappa shape index (κ2) is 5.36. The van der Waals surface area contributed by atoms with Crippen LogP contribution in [-0.2, 0) is 10.0 Å². The molecule has 0 aliphatic heterocycles. The lowest BCUT2D eigenvalue weighted by Crippen LogP contribution is -2.46. The molecule has 1 aromatic carbocycles. The van der Waals surface area contributed by atoms with Crippen molar-refractivity contribution in [2.45, 2.75) is 29.9 Å². The van der Waals surface area contributed by atoms with Crippen molar-refractivity contribution in [1.29, 1.82) is 0 Å². The van der Waals surface area contributed by atoms with Crippen molar-refractivity contribution >= 4 is 10.0 Å². The summed E-state index contributed by atoms with van der Waals surface area (Å²) in [5.74, 6) is 0.751. The van der Waals surface area contributed by atoms with E-state index in [1.165, 1.54) is 26.4 Å². The molecule has 1 saturated carbocycles. The summed E-state index contributed by atoms with van der Waals surface area (Å²) in [4.78, 5) is 0.0668. The summed E-state index contributed by atoms with van der Waals surface area (Å²) >= 11 is 0. The zero-order valence-electron chi connectivity index (χ0n) is 10.8. The van der Waals surface area contributed by atoms with Crippen LogP contribution in [-0.4, -0.2) is 39.9 Å². The summed E-state index contributed by atoms with van der Waals surface area (Å²) in [5, 5.41) is 9.18. The predicted molar refractivity (Wildman–Crippen MR) is 68.9 cm³/mol. The average Bonchev–Trinajstić information content (AvgIpc) is 2.35. The first kappa shape index (κ1) is 14.1. The van der Waals surface area contributed by atoms with Crippen molar-refractivity contribution in [3.05, 3.63) is 18.2 Å². The van der Waals surface area contributed by atoms with Gasteiger partial charge in [0.2, 0.25) is 10.0 Å². The lowest BCUT2D eigenvalue weighted by atomic mass is 9.91. The van der Waals surface area contributed by atoms with Gasteiger partial charge in [-0.05, 0) is 25.0 Å². The van der Waals surface area contributed by atoms with E-state index < -0.39 is 16.1 Å². The van der Waals surface area contributed by atoms with Crippen molar-refractivity contribution in [2.75, 3.05) is 14.2 Å². The van der Waals surface area contributed by atoms with E-state index in [9.17, 15) is 13.5 Å². The molecule has 1 aliphatic rings. The lowest BCUT2D eigenvalue weighted by molar-refractivity contribution is 0.0712. The molecule has 1 fully saturated rings. The van der Waals surface area contributed by atoms with Crippen molar-refractivity contribution in [2.24, 2.45) is 0 Å². The Morgan fingerprint density at radius 3 is 2.47 bits per heavy atom. The molecule has 0 bridgehead atoms. The Morgan fingerprint density at radius 2 is 1.95 bits per heavy atom. The van der Waals surface area contributed by atoms with E-state index in [4.69, 9.17) is 9.47 Å². The van der Waals surface area contributed by atoms with Crippen LogP contribution in [0.5, 0.6) is 11.5 Å². The largest absolute Gasteiger partial charge is 0.497 e. The Kier molecular flexibility index (Phi) is 3.98. The molecule has 106 valence electrons. The van der Waals surface area contributed by atoms with Gasteiger partial charge >= 0.3 is 0 Å². The molecule has 0 heterocycles. The Bertz CT molecular complexity index is 551. The van der Waals surface area contributed by atoms with Gasteiger partial charge in [0.05, 0.1) is 20.3 Å². The molecule has 2 N–H and O–H groups in total. The highest BCUT2D eigenvalue weighted by atomic mass is 32.2. The van der Waals surface area contributed by atoms with Crippen LogP contribution in [0.1, 0.15) is 12.8 Å². The molecule has 2 rings (SSSR count). The smallest absolute Gasteiger partial charge is 0.244 e. The van der Waals surface area contributed by atoms with Gasteiger partial charge in [-0.3, -0.25) is 0 Å². The molecular formula is C12H17NO5S. The minimum Gasteiger partial charge on any atom is -0.497 e. The van der Waals surface area contributed by atoms with Crippen LogP contribution in [0.25, 0.3) is 0 Å². The van der Waals surface area contributed by atoms with E-state index >= 15 is 0 Å². The number of aliphatic hydroxyl groups excluding tert-OH is 1. The predicted octanol–water partition coefficient (Wildman–Crippen LogP) is 0.505. The third-order valence-corrected chi connectivity index (χ3v) is 4.66. The normalized spacial score (nSPS) is 22.7. The first-order valence-electron chi connectivity index (χ1n) is 5.88. The topological polar surface area (TPSA) is 84.9 Å². The maximum absolute atomic E-state index is 12.2. The van der Waals surface area contributed by atoms with Gasteiger partial charge < -0.3 is 14.6 Å². The van der Waals surface area contributed by atoms with Crippen molar-refractivity contribution in [1.82, 2.24) is 4.72 Å². The highest BCUT2D eigenvalue weighted by Crippen LogP contribution is 2.30. The van der Waals surface area contributed by atoms with Gasteiger partial charge in [-0.15, -0.1) is 0 Å². The van der Waals surface area contributed by atoms with Crippen LogP contribution >= 0.6 is 0 Å². The zero-order chi connectivity index (χ0) is 14.0. The quantitative estimate of drug-likeness (QED) is 0.824. The third kappa shape index (κ3) is 2.99. The molecule has 7 heteroatoms. The van der Waals surface area contributed by atoms with E-state index in [0.717, 1.165) is 0 Å². The zero-order valence-corrected chi connectivity index (χ0v) is 11.6. The maximum atomic E-state index is 12.2. The maximum Gasteiger partial charge on any atom is 0.244 e. The summed E-state index contributed by atoms with van der Waals surface area (Å²) in [6.07, 6.45) is 0.473. The summed E-state index contributed by atoms with van der Waals surface area (Å²) in [6.45, 7) is 0. The SMILES string of the molecule is COc1ccc(S(=O)(=O)NC2CC(O)C2)c(OC)c1. The molecule has 0 amide bonds. The third-order valence-electron chi connectivity index (χ3n) is 3.10. The van der Waals surface area contributed by atoms with E-state index in [0.29, 0.717) is 18.6 Å². The number of methoxy groups -OCH3 is 2. The highest BCUT2D eigenvalue weighted by Gasteiger charge is 2.32. The van der Waals surface area contributed by atoms with Crippen LogP contribution < -0.4 is 14.2 Å². The van der Waals surface area contributed by atoms with Crippen molar-refractivity contribution in [3.63, 3.8) is 0 Å². The summed E-state index contributed by atoms with van der Waals surface area (Å²) in [5.41, 5.74) is 0. The van der Waals surface area contributed by atoms with Gasteiger partial charge in [0, 0.05) is 12.1 Å². The number of nitrogens with one attached hydrogen (secondary N) is 1. The van der Waals surface area contributed by atoms with Gasteiger partial charge in [-0.25, -0.2) is 13.1 Å². The second-order valence-corrected chi connectivity index (χ2v) is 6.14. The molecular weight excluding hydrogens is 270 g/mol. The van der Waals surface area contributed by atoms with Crippen LogP contribution in [0.15, 0.2) is 23.1 Å². The number of benzene rings is 1. The molecule has 0 radical (unpaired) electrons. The molecule has 0 aromatic heterocycles. The van der Waals surface area contributed by atoms with Gasteiger partial charge in [-0.2, -0.15) is 0 Å². The molecule has 1 aliphatic carbocycles. The molecule has 1 aromatic rings.